The molecule has 0 aliphatic carbocycles. The Balaban J connectivity index is 1.89. The van der Waals surface area contributed by atoms with E-state index < -0.39 is 0 Å². The van der Waals surface area contributed by atoms with Crippen LogP contribution in [0.4, 0.5) is 5.13 Å². The van der Waals surface area contributed by atoms with E-state index in [1.165, 1.54) is 11.3 Å². The molecule has 0 aliphatic heterocycles. The van der Waals surface area contributed by atoms with Gasteiger partial charge >= 0.3 is 0 Å². The van der Waals surface area contributed by atoms with E-state index in [0.29, 0.717) is 17.3 Å². The first kappa shape index (κ1) is 12.8. The highest BCUT2D eigenvalue weighted by Crippen LogP contribution is 2.25. The number of hydrogen-bond donors (Lipinski definition) is 2. The second-order valence-corrected chi connectivity index (χ2v) is 4.63. The molecule has 2 aromatic rings. The Morgan fingerprint density at radius 3 is 3.17 bits per heavy atom. The number of furan rings is 1. The van der Waals surface area contributed by atoms with Crippen LogP contribution < -0.4 is 10.6 Å². The molecule has 0 unspecified atom stereocenters. The summed E-state index contributed by atoms with van der Waals surface area (Å²) in [6.07, 6.45) is 2.92. The Hall–Kier alpha value is -1.66. The van der Waals surface area contributed by atoms with Crippen molar-refractivity contribution in [1.29, 1.82) is 0 Å². The number of carbonyl (C=O) groups is 1. The lowest BCUT2D eigenvalue weighted by Crippen LogP contribution is -2.15. The van der Waals surface area contributed by atoms with Crippen molar-refractivity contribution in [3.8, 4) is 11.5 Å². The Kier molecular flexibility index (Phi) is 4.49. The maximum Gasteiger partial charge on any atom is 0.226 e. The van der Waals surface area contributed by atoms with Gasteiger partial charge in [-0.3, -0.25) is 4.79 Å². The summed E-state index contributed by atoms with van der Waals surface area (Å²) in [5.41, 5.74) is 0.746. The van der Waals surface area contributed by atoms with Crippen molar-refractivity contribution in [1.82, 2.24) is 10.3 Å². The molecule has 0 fully saturated rings. The van der Waals surface area contributed by atoms with Crippen LogP contribution in [0.15, 0.2) is 28.2 Å². The van der Waals surface area contributed by atoms with Gasteiger partial charge in [-0.05, 0) is 32.1 Å². The fourth-order valence-electron chi connectivity index (χ4n) is 1.48. The number of nitrogens with zero attached hydrogens (tertiary/aromatic N) is 1. The Morgan fingerprint density at radius 1 is 1.56 bits per heavy atom. The fourth-order valence-corrected chi connectivity index (χ4v) is 2.19. The molecule has 1 amide bonds. The second-order valence-electron chi connectivity index (χ2n) is 3.77. The summed E-state index contributed by atoms with van der Waals surface area (Å²) in [5, 5.41) is 8.26. The SMILES string of the molecule is CNCCCC(=O)Nc1nc(-c2ccco2)cs1. The summed E-state index contributed by atoms with van der Waals surface area (Å²) in [4.78, 5) is 15.9. The molecule has 2 rings (SSSR count). The number of carbonyl (C=O) groups excluding carboxylic acids is 1. The highest BCUT2D eigenvalue weighted by atomic mass is 32.1. The second kappa shape index (κ2) is 6.32. The van der Waals surface area contributed by atoms with Gasteiger partial charge in [0.25, 0.3) is 0 Å². The van der Waals surface area contributed by atoms with Crippen LogP contribution in [0.2, 0.25) is 0 Å². The number of aromatic nitrogens is 1. The molecular formula is C12H15N3O2S. The molecule has 2 aromatic heterocycles. The topological polar surface area (TPSA) is 67.2 Å². The third-order valence-electron chi connectivity index (χ3n) is 2.35. The van der Waals surface area contributed by atoms with E-state index in [9.17, 15) is 4.79 Å². The molecule has 0 saturated carbocycles. The Bertz CT molecular complexity index is 493. The van der Waals surface area contributed by atoms with Gasteiger partial charge in [-0.1, -0.05) is 0 Å². The molecule has 0 aliphatic rings. The van der Waals surface area contributed by atoms with E-state index in [4.69, 9.17) is 4.42 Å². The third kappa shape index (κ3) is 3.41. The van der Waals surface area contributed by atoms with Gasteiger partial charge in [-0.25, -0.2) is 4.98 Å². The zero-order valence-electron chi connectivity index (χ0n) is 10.1. The maximum absolute atomic E-state index is 11.6. The zero-order chi connectivity index (χ0) is 12.8. The summed E-state index contributed by atoms with van der Waals surface area (Å²) in [5.74, 6) is 0.701. The van der Waals surface area contributed by atoms with E-state index in [1.807, 2.05) is 24.6 Å². The standard InChI is InChI=1S/C12H15N3O2S/c1-13-6-2-5-11(16)15-12-14-9(8-18-12)10-4-3-7-17-10/h3-4,7-8,13H,2,5-6H2,1H3,(H,14,15,16). The molecule has 0 bridgehead atoms. The van der Waals surface area contributed by atoms with Crippen LogP contribution in [0.5, 0.6) is 0 Å². The molecule has 2 N–H and O–H groups in total. The molecule has 0 spiro atoms. The molecule has 6 heteroatoms. The van der Waals surface area contributed by atoms with Crippen LogP contribution in [0, 0.1) is 0 Å². The number of hydrogen-bond acceptors (Lipinski definition) is 5. The summed E-state index contributed by atoms with van der Waals surface area (Å²) < 4.78 is 5.24. The molecule has 0 atom stereocenters. The maximum atomic E-state index is 11.6. The largest absolute Gasteiger partial charge is 0.463 e. The third-order valence-corrected chi connectivity index (χ3v) is 3.11. The monoisotopic (exact) mass is 265 g/mol. The van der Waals surface area contributed by atoms with Crippen LogP contribution in [0.25, 0.3) is 11.5 Å². The lowest BCUT2D eigenvalue weighted by molar-refractivity contribution is -0.116. The van der Waals surface area contributed by atoms with Gasteiger partial charge in [0.2, 0.25) is 5.91 Å². The zero-order valence-corrected chi connectivity index (χ0v) is 10.9. The van der Waals surface area contributed by atoms with Gasteiger partial charge < -0.3 is 15.1 Å². The van der Waals surface area contributed by atoms with E-state index in [0.717, 1.165) is 18.7 Å². The van der Waals surface area contributed by atoms with Crippen molar-refractivity contribution in [3.63, 3.8) is 0 Å². The number of thiazole rings is 1. The number of amides is 1. The van der Waals surface area contributed by atoms with Crippen molar-refractivity contribution < 1.29 is 9.21 Å². The Morgan fingerprint density at radius 2 is 2.44 bits per heavy atom. The van der Waals surface area contributed by atoms with E-state index in [2.05, 4.69) is 15.6 Å². The van der Waals surface area contributed by atoms with E-state index in [1.54, 1.807) is 6.26 Å². The molecule has 5 nitrogen and oxygen atoms in total. The highest BCUT2D eigenvalue weighted by Gasteiger charge is 2.09. The summed E-state index contributed by atoms with van der Waals surface area (Å²) >= 11 is 1.40. The first-order chi connectivity index (χ1) is 8.79. The van der Waals surface area contributed by atoms with Crippen molar-refractivity contribution in [2.75, 3.05) is 18.9 Å². The van der Waals surface area contributed by atoms with Gasteiger partial charge in [0, 0.05) is 11.8 Å². The molecular weight excluding hydrogens is 250 g/mol. The summed E-state index contributed by atoms with van der Waals surface area (Å²) in [7, 11) is 1.87. The summed E-state index contributed by atoms with van der Waals surface area (Å²) in [6.45, 7) is 0.836. The number of anilines is 1. The van der Waals surface area contributed by atoms with Gasteiger partial charge in [-0.2, -0.15) is 0 Å². The number of rotatable bonds is 6. The lowest BCUT2D eigenvalue weighted by Gasteiger charge is -2.00. The van der Waals surface area contributed by atoms with Crippen LogP contribution in [0.1, 0.15) is 12.8 Å². The van der Waals surface area contributed by atoms with E-state index in [-0.39, 0.29) is 5.91 Å². The van der Waals surface area contributed by atoms with Crippen LogP contribution in [0.3, 0.4) is 0 Å². The minimum Gasteiger partial charge on any atom is -0.463 e. The first-order valence-electron chi connectivity index (χ1n) is 5.73. The normalized spacial score (nSPS) is 10.5. The highest BCUT2D eigenvalue weighted by molar-refractivity contribution is 7.14. The molecule has 96 valence electrons. The first-order valence-corrected chi connectivity index (χ1v) is 6.61. The van der Waals surface area contributed by atoms with Crippen LogP contribution in [-0.2, 0) is 4.79 Å². The van der Waals surface area contributed by atoms with Gasteiger partial charge in [0.05, 0.1) is 6.26 Å². The van der Waals surface area contributed by atoms with Gasteiger partial charge in [0.1, 0.15) is 5.69 Å². The predicted molar refractivity (Wildman–Crippen MR) is 71.6 cm³/mol. The van der Waals surface area contributed by atoms with Crippen molar-refractivity contribution in [2.45, 2.75) is 12.8 Å². The molecule has 0 aromatic carbocycles. The average molecular weight is 265 g/mol. The van der Waals surface area contributed by atoms with Gasteiger partial charge in [-0.15, -0.1) is 11.3 Å². The summed E-state index contributed by atoms with van der Waals surface area (Å²) in [6, 6.07) is 3.65. The lowest BCUT2D eigenvalue weighted by atomic mass is 10.3. The molecule has 2 heterocycles. The van der Waals surface area contributed by atoms with Crippen molar-refractivity contribution >= 4 is 22.4 Å². The average Bonchev–Trinajstić information content (AvgIpc) is 2.98. The minimum absolute atomic E-state index is 0.00871. The van der Waals surface area contributed by atoms with Gasteiger partial charge in [0.15, 0.2) is 10.9 Å². The Labute approximate surface area is 109 Å². The predicted octanol–water partition coefficient (Wildman–Crippen LogP) is 2.34. The van der Waals surface area contributed by atoms with Crippen molar-refractivity contribution in [2.24, 2.45) is 0 Å². The van der Waals surface area contributed by atoms with Crippen LogP contribution in [-0.4, -0.2) is 24.5 Å². The van der Waals surface area contributed by atoms with Crippen molar-refractivity contribution in [3.05, 3.63) is 23.8 Å². The molecule has 18 heavy (non-hydrogen) atoms. The molecule has 0 radical (unpaired) electrons. The quantitative estimate of drug-likeness (QED) is 0.787. The van der Waals surface area contributed by atoms with E-state index >= 15 is 0 Å². The minimum atomic E-state index is -0.00871. The smallest absolute Gasteiger partial charge is 0.226 e. The number of nitrogens with one attached hydrogen (secondary N) is 2. The van der Waals surface area contributed by atoms with Crippen LogP contribution >= 0.6 is 11.3 Å². The fraction of sp³-hybridized carbons (Fsp3) is 0.333. The molecule has 0 saturated heterocycles.